The highest BCUT2D eigenvalue weighted by atomic mass is 35.5. The van der Waals surface area contributed by atoms with Gasteiger partial charge >= 0.3 is 18.0 Å². The van der Waals surface area contributed by atoms with Gasteiger partial charge in [-0.2, -0.15) is 0 Å². The Morgan fingerprint density at radius 2 is 1.72 bits per heavy atom. The fourth-order valence-electron chi connectivity index (χ4n) is 4.29. The van der Waals surface area contributed by atoms with Crippen LogP contribution in [0.15, 0.2) is 64.1 Å². The van der Waals surface area contributed by atoms with Gasteiger partial charge in [-0.25, -0.2) is 27.9 Å². The molecule has 1 heterocycles. The van der Waals surface area contributed by atoms with Crippen molar-refractivity contribution in [3.63, 3.8) is 0 Å². The van der Waals surface area contributed by atoms with E-state index in [1.165, 1.54) is 37.1 Å². The summed E-state index contributed by atoms with van der Waals surface area (Å²) in [5.74, 6) is -2.10. The van der Waals surface area contributed by atoms with Crippen LogP contribution in [0.5, 0.6) is 0 Å². The number of rotatable bonds is 12. The van der Waals surface area contributed by atoms with E-state index in [-0.39, 0.29) is 22.8 Å². The number of nitrogens with zero attached hydrogens (tertiary/aromatic N) is 1. The summed E-state index contributed by atoms with van der Waals surface area (Å²) in [5.41, 5.74) is -0.822. The maximum atomic E-state index is 13.1. The molecule has 2 aromatic carbocycles. The van der Waals surface area contributed by atoms with Crippen molar-refractivity contribution in [1.82, 2.24) is 4.90 Å². The van der Waals surface area contributed by atoms with Crippen LogP contribution in [0.4, 0.5) is 10.5 Å². The molecule has 248 valence electrons. The number of halogens is 2. The third kappa shape index (κ3) is 9.45. The fraction of sp³-hybridized carbons (Fsp3) is 0.333. The number of primary sulfonamides is 1. The Balaban J connectivity index is 1.67. The predicted molar refractivity (Wildman–Crippen MR) is 168 cm³/mol. The lowest BCUT2D eigenvalue weighted by molar-refractivity contribution is -0.162. The van der Waals surface area contributed by atoms with Crippen LogP contribution in [0.25, 0.3) is 0 Å². The minimum Gasteiger partial charge on any atom is -0.467 e. The van der Waals surface area contributed by atoms with E-state index in [0.717, 1.165) is 6.07 Å². The molecule has 16 heteroatoms. The minimum absolute atomic E-state index is 0.0667. The van der Waals surface area contributed by atoms with E-state index in [0.29, 0.717) is 16.3 Å². The zero-order chi connectivity index (χ0) is 34.4. The van der Waals surface area contributed by atoms with Crippen LogP contribution in [0.1, 0.15) is 61.1 Å². The van der Waals surface area contributed by atoms with Crippen molar-refractivity contribution in [3.05, 3.63) is 81.7 Å². The number of carbonyl (C=O) groups is 4. The second kappa shape index (κ2) is 15.0. The summed E-state index contributed by atoms with van der Waals surface area (Å²) in [6, 6.07) is 10.7. The Hall–Kier alpha value is -4.11. The van der Waals surface area contributed by atoms with Crippen LogP contribution in [-0.4, -0.2) is 61.6 Å². The van der Waals surface area contributed by atoms with Crippen LogP contribution in [0.2, 0.25) is 10.0 Å². The van der Waals surface area contributed by atoms with E-state index in [2.05, 4.69) is 5.32 Å². The molecule has 3 rings (SSSR count). The zero-order valence-electron chi connectivity index (χ0n) is 25.5. The molecule has 3 aromatic rings. The van der Waals surface area contributed by atoms with Gasteiger partial charge in [0.2, 0.25) is 16.8 Å². The molecule has 0 aliphatic rings. The van der Waals surface area contributed by atoms with Gasteiger partial charge < -0.3 is 23.9 Å². The maximum Gasteiger partial charge on any atom is 0.413 e. The number of ketones is 1. The Kier molecular flexibility index (Phi) is 11.8. The third-order valence-corrected chi connectivity index (χ3v) is 8.04. The number of furan rings is 1. The molecule has 0 fully saturated rings. The van der Waals surface area contributed by atoms with Gasteiger partial charge in [0.05, 0.1) is 35.1 Å². The molecule has 1 aromatic heterocycles. The van der Waals surface area contributed by atoms with Crippen molar-refractivity contribution in [2.45, 2.75) is 63.7 Å². The molecule has 0 bridgehead atoms. The van der Waals surface area contributed by atoms with Crippen LogP contribution in [0.3, 0.4) is 0 Å². The molecule has 3 N–H and O–H groups in total. The van der Waals surface area contributed by atoms with Crippen molar-refractivity contribution in [3.8, 4) is 0 Å². The smallest absolute Gasteiger partial charge is 0.413 e. The second-order valence-corrected chi connectivity index (χ2v) is 13.3. The van der Waals surface area contributed by atoms with E-state index in [4.69, 9.17) is 47.0 Å². The molecule has 13 nitrogen and oxygen atoms in total. The molecule has 0 aliphatic carbocycles. The standard InChI is InChI=1S/C30H33Cl2N3O10S/c1-17(26(36)19-8-6-9-20(31)12-19)35(30(3,4)5)29(39)44-16-43-27(37)18(2)45-28(38)22-13-25(46(33,40)41)23(32)14-24(22)34-15-21-10-7-11-42-21/h6-14,17-18,34H,15-16H2,1-5H3,(H2,33,40,41). The van der Waals surface area contributed by atoms with E-state index < -0.39 is 63.2 Å². The molecule has 0 aliphatic heterocycles. The Bertz CT molecular complexity index is 1710. The molecule has 0 saturated carbocycles. The lowest BCUT2D eigenvalue weighted by atomic mass is 9.98. The van der Waals surface area contributed by atoms with Gasteiger partial charge in [0.25, 0.3) is 0 Å². The summed E-state index contributed by atoms with van der Waals surface area (Å²) in [7, 11) is -4.33. The number of carbonyl (C=O) groups excluding carboxylic acids is 4. The number of ether oxygens (including phenoxy) is 3. The summed E-state index contributed by atoms with van der Waals surface area (Å²) >= 11 is 12.1. The average Bonchev–Trinajstić information content (AvgIpc) is 3.48. The maximum absolute atomic E-state index is 13.1. The normalized spacial score (nSPS) is 12.9. The van der Waals surface area contributed by atoms with Crippen LogP contribution in [0, 0.1) is 0 Å². The van der Waals surface area contributed by atoms with Crippen molar-refractivity contribution in [1.29, 1.82) is 0 Å². The number of nitrogens with two attached hydrogens (primary N) is 1. The second-order valence-electron chi connectivity index (χ2n) is 10.9. The van der Waals surface area contributed by atoms with Crippen molar-refractivity contribution in [2.75, 3.05) is 12.1 Å². The van der Waals surface area contributed by atoms with Gasteiger partial charge in [0, 0.05) is 16.1 Å². The van der Waals surface area contributed by atoms with E-state index in [1.807, 2.05) is 0 Å². The average molecular weight is 699 g/mol. The number of amides is 1. The summed E-state index contributed by atoms with van der Waals surface area (Å²) in [4.78, 5) is 52.5. The van der Waals surface area contributed by atoms with Gasteiger partial charge in [-0.3, -0.25) is 9.69 Å². The largest absolute Gasteiger partial charge is 0.467 e. The summed E-state index contributed by atoms with van der Waals surface area (Å²) in [6.45, 7) is 7.03. The molecule has 2 unspecified atom stereocenters. The first-order valence-corrected chi connectivity index (χ1v) is 16.0. The van der Waals surface area contributed by atoms with Crippen molar-refractivity contribution < 1.29 is 46.2 Å². The summed E-state index contributed by atoms with van der Waals surface area (Å²) in [5, 5.41) is 8.22. The number of hydrogen-bond acceptors (Lipinski definition) is 11. The summed E-state index contributed by atoms with van der Waals surface area (Å²) in [6.07, 6.45) is -1.04. The Morgan fingerprint density at radius 1 is 1.02 bits per heavy atom. The molecular weight excluding hydrogens is 665 g/mol. The Labute approximate surface area is 275 Å². The highest BCUT2D eigenvalue weighted by Gasteiger charge is 2.36. The number of hydrogen-bond donors (Lipinski definition) is 2. The first-order valence-electron chi connectivity index (χ1n) is 13.7. The SMILES string of the molecule is CC(OC(=O)c1cc(S(N)(=O)=O)c(Cl)cc1NCc1ccco1)C(=O)OCOC(=O)N(C(C)C(=O)c1cccc(Cl)c1)C(C)(C)C. The third-order valence-electron chi connectivity index (χ3n) is 6.43. The van der Waals surface area contributed by atoms with E-state index in [1.54, 1.807) is 51.1 Å². The number of Topliss-reactive ketones (excluding diaryl/α,β-unsaturated/α-hetero) is 1. The monoisotopic (exact) mass is 697 g/mol. The molecule has 0 radical (unpaired) electrons. The Morgan fingerprint density at radius 3 is 2.30 bits per heavy atom. The molecule has 0 saturated heterocycles. The molecule has 2 atom stereocenters. The van der Waals surface area contributed by atoms with Crippen molar-refractivity contribution >= 4 is 62.7 Å². The van der Waals surface area contributed by atoms with Crippen LogP contribution >= 0.6 is 23.2 Å². The number of nitrogens with one attached hydrogen (secondary N) is 1. The van der Waals surface area contributed by atoms with Gasteiger partial charge in [-0.1, -0.05) is 35.3 Å². The highest BCUT2D eigenvalue weighted by Crippen LogP contribution is 2.30. The number of anilines is 1. The minimum atomic E-state index is -4.33. The molecular formula is C30H33Cl2N3O10S. The zero-order valence-corrected chi connectivity index (χ0v) is 27.9. The number of esters is 2. The number of sulfonamides is 1. The lowest BCUT2D eigenvalue weighted by Crippen LogP contribution is -2.53. The molecule has 46 heavy (non-hydrogen) atoms. The topological polar surface area (TPSA) is 185 Å². The van der Waals surface area contributed by atoms with Gasteiger partial charge in [0.15, 0.2) is 11.9 Å². The quantitative estimate of drug-likeness (QED) is 0.140. The molecule has 0 spiro atoms. The van der Waals surface area contributed by atoms with E-state index >= 15 is 0 Å². The van der Waals surface area contributed by atoms with Gasteiger partial charge in [0.1, 0.15) is 10.7 Å². The van der Waals surface area contributed by atoms with E-state index in [9.17, 15) is 27.6 Å². The molecule has 1 amide bonds. The first kappa shape index (κ1) is 36.4. The lowest BCUT2D eigenvalue weighted by Gasteiger charge is -2.38. The summed E-state index contributed by atoms with van der Waals surface area (Å²) < 4.78 is 44.6. The van der Waals surface area contributed by atoms with Crippen LogP contribution in [-0.2, 0) is 35.6 Å². The van der Waals surface area contributed by atoms with Crippen LogP contribution < -0.4 is 10.5 Å². The van der Waals surface area contributed by atoms with Gasteiger partial charge in [-0.15, -0.1) is 0 Å². The highest BCUT2D eigenvalue weighted by molar-refractivity contribution is 7.89. The predicted octanol–water partition coefficient (Wildman–Crippen LogP) is 5.40. The van der Waals surface area contributed by atoms with Crippen molar-refractivity contribution in [2.24, 2.45) is 5.14 Å². The van der Waals surface area contributed by atoms with Gasteiger partial charge in [-0.05, 0) is 71.0 Å². The first-order chi connectivity index (χ1) is 21.4. The fourth-order valence-corrected chi connectivity index (χ4v) is 5.58. The number of benzene rings is 2.